The van der Waals surface area contributed by atoms with Gasteiger partial charge in [-0.05, 0) is 60.9 Å². The fourth-order valence-electron chi connectivity index (χ4n) is 2.97. The molecule has 30 heavy (non-hydrogen) atoms. The van der Waals surface area contributed by atoms with E-state index in [1.54, 1.807) is 23.7 Å². The van der Waals surface area contributed by atoms with Crippen molar-refractivity contribution in [2.24, 2.45) is 0 Å². The molecule has 0 radical (unpaired) electrons. The van der Waals surface area contributed by atoms with E-state index < -0.39 is 0 Å². The topological polar surface area (TPSA) is 49.8 Å². The van der Waals surface area contributed by atoms with Crippen LogP contribution in [0.15, 0.2) is 69.2 Å². The van der Waals surface area contributed by atoms with E-state index in [0.717, 1.165) is 43.3 Å². The van der Waals surface area contributed by atoms with Gasteiger partial charge in [-0.25, -0.2) is 4.98 Å². The van der Waals surface area contributed by atoms with Crippen LogP contribution in [-0.2, 0) is 6.54 Å². The van der Waals surface area contributed by atoms with Gasteiger partial charge in [0.05, 0.1) is 5.69 Å². The van der Waals surface area contributed by atoms with Crippen LogP contribution in [0, 0.1) is 13.8 Å². The minimum Gasteiger partial charge on any atom is -0.381 e. The van der Waals surface area contributed by atoms with Gasteiger partial charge in [0, 0.05) is 50.2 Å². The molecule has 7 heteroatoms. The number of pyridine rings is 1. The van der Waals surface area contributed by atoms with E-state index in [0.29, 0.717) is 0 Å². The molecule has 0 saturated heterocycles. The molecule has 4 nitrogen and oxygen atoms in total. The van der Waals surface area contributed by atoms with E-state index in [9.17, 15) is 0 Å². The van der Waals surface area contributed by atoms with Crippen molar-refractivity contribution in [2.75, 3.05) is 10.6 Å². The SMILES string of the molecule is Cc1ccc(CNc2cc(Br)c(C)c(Br)c2)cc1Nc1nc(-c2ccncc2)cs1. The van der Waals surface area contributed by atoms with Gasteiger partial charge in [0.25, 0.3) is 0 Å². The third kappa shape index (κ3) is 4.91. The Morgan fingerprint density at radius 2 is 1.70 bits per heavy atom. The average molecular weight is 544 g/mol. The quantitative estimate of drug-likeness (QED) is 0.261. The number of nitrogens with one attached hydrogen (secondary N) is 2. The molecule has 0 spiro atoms. The number of benzene rings is 2. The lowest BCUT2D eigenvalue weighted by molar-refractivity contribution is 1.14. The normalized spacial score (nSPS) is 10.8. The van der Waals surface area contributed by atoms with Gasteiger partial charge in [0.1, 0.15) is 0 Å². The molecule has 0 bridgehead atoms. The summed E-state index contributed by atoms with van der Waals surface area (Å²) in [5.41, 5.74) is 7.72. The second kappa shape index (κ2) is 9.29. The fourth-order valence-corrected chi connectivity index (χ4v) is 4.89. The number of hydrogen-bond donors (Lipinski definition) is 2. The predicted molar refractivity (Wildman–Crippen MR) is 134 cm³/mol. The Labute approximate surface area is 197 Å². The van der Waals surface area contributed by atoms with Crippen LogP contribution < -0.4 is 10.6 Å². The van der Waals surface area contributed by atoms with E-state index in [1.807, 2.05) is 12.1 Å². The monoisotopic (exact) mass is 542 g/mol. The Morgan fingerprint density at radius 3 is 2.43 bits per heavy atom. The Hall–Kier alpha value is -2.22. The molecule has 0 fully saturated rings. The molecule has 4 rings (SSSR count). The van der Waals surface area contributed by atoms with Crippen molar-refractivity contribution >= 4 is 59.7 Å². The summed E-state index contributed by atoms with van der Waals surface area (Å²) < 4.78 is 2.17. The van der Waals surface area contributed by atoms with Gasteiger partial charge in [-0.3, -0.25) is 4.98 Å². The lowest BCUT2D eigenvalue weighted by atomic mass is 10.1. The third-order valence-corrected chi connectivity index (χ3v) is 7.21. The van der Waals surface area contributed by atoms with Crippen molar-refractivity contribution in [2.45, 2.75) is 20.4 Å². The van der Waals surface area contributed by atoms with Crippen LogP contribution in [0.2, 0.25) is 0 Å². The van der Waals surface area contributed by atoms with Crippen molar-refractivity contribution in [3.63, 3.8) is 0 Å². The lowest BCUT2D eigenvalue weighted by Crippen LogP contribution is -2.02. The number of aromatic nitrogens is 2. The molecule has 0 saturated carbocycles. The molecule has 4 aromatic rings. The Kier molecular flexibility index (Phi) is 6.51. The number of nitrogens with zero attached hydrogens (tertiary/aromatic N) is 2. The van der Waals surface area contributed by atoms with Crippen LogP contribution >= 0.6 is 43.2 Å². The van der Waals surface area contributed by atoms with Crippen LogP contribution in [-0.4, -0.2) is 9.97 Å². The van der Waals surface area contributed by atoms with Gasteiger partial charge < -0.3 is 10.6 Å². The van der Waals surface area contributed by atoms with Crippen LogP contribution in [0.25, 0.3) is 11.3 Å². The van der Waals surface area contributed by atoms with Crippen LogP contribution in [0.4, 0.5) is 16.5 Å². The fraction of sp³-hybridized carbons (Fsp3) is 0.130. The zero-order valence-corrected chi connectivity index (χ0v) is 20.5. The second-order valence-electron chi connectivity index (χ2n) is 6.97. The first-order chi connectivity index (χ1) is 14.5. The molecular formula is C23H20Br2N4S. The highest BCUT2D eigenvalue weighted by Gasteiger charge is 2.08. The number of anilines is 3. The molecular weight excluding hydrogens is 524 g/mol. The standard InChI is InChI=1S/C23H20Br2N4S/c1-14-3-4-16(12-27-18-10-19(24)15(2)20(25)11-18)9-21(14)28-23-29-22(13-30-23)17-5-7-26-8-6-17/h3-11,13,27H,12H2,1-2H3,(H,28,29). The molecule has 152 valence electrons. The van der Waals surface area contributed by atoms with Gasteiger partial charge in [0.15, 0.2) is 5.13 Å². The van der Waals surface area contributed by atoms with Gasteiger partial charge in [-0.15, -0.1) is 11.3 Å². The summed E-state index contributed by atoms with van der Waals surface area (Å²) in [6.07, 6.45) is 3.57. The van der Waals surface area contributed by atoms with Crippen molar-refractivity contribution in [1.29, 1.82) is 0 Å². The number of hydrogen-bond acceptors (Lipinski definition) is 5. The van der Waals surface area contributed by atoms with E-state index in [-0.39, 0.29) is 0 Å². The third-order valence-electron chi connectivity index (χ3n) is 4.80. The molecule has 0 aliphatic rings. The Morgan fingerprint density at radius 1 is 0.967 bits per heavy atom. The van der Waals surface area contributed by atoms with Crippen molar-refractivity contribution in [1.82, 2.24) is 9.97 Å². The minimum atomic E-state index is 0.733. The summed E-state index contributed by atoms with van der Waals surface area (Å²) in [6, 6.07) is 14.6. The summed E-state index contributed by atoms with van der Waals surface area (Å²) in [4.78, 5) is 8.79. The number of rotatable bonds is 6. The van der Waals surface area contributed by atoms with Gasteiger partial charge in [-0.1, -0.05) is 44.0 Å². The van der Waals surface area contributed by atoms with Crippen molar-refractivity contribution in [3.8, 4) is 11.3 Å². The highest BCUT2D eigenvalue weighted by Crippen LogP contribution is 2.30. The first-order valence-electron chi connectivity index (χ1n) is 9.41. The maximum atomic E-state index is 4.72. The Balaban J connectivity index is 1.48. The Bertz CT molecular complexity index is 1150. The maximum Gasteiger partial charge on any atom is 0.187 e. The molecule has 0 atom stereocenters. The number of thiazole rings is 1. The highest BCUT2D eigenvalue weighted by molar-refractivity contribution is 9.11. The van der Waals surface area contributed by atoms with Crippen molar-refractivity contribution in [3.05, 3.63) is 85.9 Å². The average Bonchev–Trinajstić information content (AvgIpc) is 3.21. The number of halogens is 2. The summed E-state index contributed by atoms with van der Waals surface area (Å²) in [5.74, 6) is 0. The molecule has 2 heterocycles. The highest BCUT2D eigenvalue weighted by atomic mass is 79.9. The molecule has 2 aromatic carbocycles. The summed E-state index contributed by atoms with van der Waals surface area (Å²) in [5, 5.41) is 9.91. The molecule has 2 N–H and O–H groups in total. The maximum absolute atomic E-state index is 4.72. The zero-order chi connectivity index (χ0) is 21.1. The van der Waals surface area contributed by atoms with Gasteiger partial charge in [-0.2, -0.15) is 0 Å². The summed E-state index contributed by atoms with van der Waals surface area (Å²) >= 11 is 8.82. The van der Waals surface area contributed by atoms with Gasteiger partial charge in [0.2, 0.25) is 0 Å². The van der Waals surface area contributed by atoms with E-state index in [2.05, 4.69) is 97.0 Å². The number of aryl methyl sites for hydroxylation is 1. The molecule has 0 unspecified atom stereocenters. The van der Waals surface area contributed by atoms with E-state index >= 15 is 0 Å². The minimum absolute atomic E-state index is 0.733. The molecule has 0 aliphatic carbocycles. The lowest BCUT2D eigenvalue weighted by Gasteiger charge is -2.12. The van der Waals surface area contributed by atoms with Crippen LogP contribution in [0.5, 0.6) is 0 Å². The molecule has 2 aromatic heterocycles. The van der Waals surface area contributed by atoms with E-state index in [1.165, 1.54) is 16.7 Å². The summed E-state index contributed by atoms with van der Waals surface area (Å²) in [7, 11) is 0. The first kappa shape index (κ1) is 21.0. The summed E-state index contributed by atoms with van der Waals surface area (Å²) in [6.45, 7) is 4.91. The molecule has 0 aliphatic heterocycles. The molecule has 0 amide bonds. The first-order valence-corrected chi connectivity index (χ1v) is 11.9. The zero-order valence-electron chi connectivity index (χ0n) is 16.5. The van der Waals surface area contributed by atoms with Crippen LogP contribution in [0.1, 0.15) is 16.7 Å². The van der Waals surface area contributed by atoms with Gasteiger partial charge >= 0.3 is 0 Å². The van der Waals surface area contributed by atoms with Crippen LogP contribution in [0.3, 0.4) is 0 Å². The largest absolute Gasteiger partial charge is 0.381 e. The second-order valence-corrected chi connectivity index (χ2v) is 9.53. The van der Waals surface area contributed by atoms with E-state index in [4.69, 9.17) is 4.98 Å². The van der Waals surface area contributed by atoms with Crippen molar-refractivity contribution < 1.29 is 0 Å². The smallest absolute Gasteiger partial charge is 0.187 e. The predicted octanol–water partition coefficient (Wildman–Crippen LogP) is 7.70.